The van der Waals surface area contributed by atoms with Crippen molar-refractivity contribution in [3.05, 3.63) is 53.6 Å². The Labute approximate surface area is 149 Å². The fourth-order valence-electron chi connectivity index (χ4n) is 3.06. The first-order valence-electron chi connectivity index (χ1n) is 8.15. The van der Waals surface area contributed by atoms with Crippen molar-refractivity contribution >= 4 is 35.4 Å². The zero-order valence-corrected chi connectivity index (χ0v) is 15.0. The number of para-hydroxylation sites is 3. The van der Waals surface area contributed by atoms with Crippen molar-refractivity contribution in [1.82, 2.24) is 0 Å². The van der Waals surface area contributed by atoms with Gasteiger partial charge in [-0.25, -0.2) is 0 Å². The average molecular weight is 346 g/mol. The molecule has 1 aliphatic heterocycles. The van der Waals surface area contributed by atoms with Gasteiger partial charge in [0.25, 0.3) is 0 Å². The van der Waals surface area contributed by atoms with Gasteiger partial charge in [-0.05, 0) is 36.6 Å². The number of carbonyl (C=O) groups excluding carboxylic acids is 1. The maximum Gasteiger partial charge on any atom is 0.243 e. The number of amides is 1. The lowest BCUT2D eigenvalue weighted by molar-refractivity contribution is -0.115. The van der Waals surface area contributed by atoms with E-state index >= 15 is 0 Å². The Bertz CT molecular complexity index is 718. The zero-order chi connectivity index (χ0) is 16.2. The van der Waals surface area contributed by atoms with E-state index in [1.165, 1.54) is 5.56 Å². The first-order valence-corrected chi connectivity index (χ1v) is 8.15. The van der Waals surface area contributed by atoms with Crippen molar-refractivity contribution in [1.29, 1.82) is 0 Å². The monoisotopic (exact) mass is 345 g/mol. The number of nitrogens with zero attached hydrogens (tertiary/aromatic N) is 1. The molecular weight excluding hydrogens is 322 g/mol. The van der Waals surface area contributed by atoms with E-state index in [1.54, 1.807) is 0 Å². The molecule has 3 rings (SSSR count). The number of nitrogens with one attached hydrogen (secondary N) is 2. The summed E-state index contributed by atoms with van der Waals surface area (Å²) in [5.41, 5.74) is 5.44. The highest BCUT2D eigenvalue weighted by atomic mass is 35.5. The van der Waals surface area contributed by atoms with Gasteiger partial charge in [0.2, 0.25) is 5.91 Å². The highest BCUT2D eigenvalue weighted by molar-refractivity contribution is 5.96. The Kier molecular flexibility index (Phi) is 6.10. The van der Waals surface area contributed by atoms with Crippen LogP contribution in [0, 0.1) is 6.92 Å². The number of carbonyl (C=O) groups is 1. The Hall–Kier alpha value is -2.20. The predicted molar refractivity (Wildman–Crippen MR) is 104 cm³/mol. The first kappa shape index (κ1) is 18.1. The lowest BCUT2D eigenvalue weighted by Crippen LogP contribution is -2.39. The van der Waals surface area contributed by atoms with Crippen molar-refractivity contribution in [2.24, 2.45) is 0 Å². The van der Waals surface area contributed by atoms with Crippen LogP contribution in [0.5, 0.6) is 0 Å². The van der Waals surface area contributed by atoms with Crippen molar-refractivity contribution in [2.45, 2.75) is 20.3 Å². The molecular formula is C19H24ClN3O. The van der Waals surface area contributed by atoms with Crippen molar-refractivity contribution in [3.8, 4) is 0 Å². The second-order valence-corrected chi connectivity index (χ2v) is 5.88. The van der Waals surface area contributed by atoms with Gasteiger partial charge >= 0.3 is 0 Å². The standard InChI is InChI=1S/C19H23N3O.ClH/c1-3-15-8-6-7-14(2)19(15)21-18(23)13-22-12-11-20-16-9-4-5-10-17(16)22;/h4-10,20H,3,11-13H2,1-2H3,(H,21,23);1H. The van der Waals surface area contributed by atoms with Crippen LogP contribution in [0.25, 0.3) is 0 Å². The summed E-state index contributed by atoms with van der Waals surface area (Å²) in [5, 5.41) is 6.48. The quantitative estimate of drug-likeness (QED) is 0.884. The van der Waals surface area contributed by atoms with Crippen LogP contribution >= 0.6 is 12.4 Å². The SMILES string of the molecule is CCc1cccc(C)c1NC(=O)CN1CCNc2ccccc21.Cl. The van der Waals surface area contributed by atoms with Crippen LogP contribution in [0.1, 0.15) is 18.1 Å². The Morgan fingerprint density at radius 2 is 2.00 bits per heavy atom. The minimum Gasteiger partial charge on any atom is -0.382 e. The largest absolute Gasteiger partial charge is 0.382 e. The number of benzene rings is 2. The van der Waals surface area contributed by atoms with Crippen LogP contribution in [0.4, 0.5) is 17.1 Å². The third kappa shape index (κ3) is 3.82. The van der Waals surface area contributed by atoms with Crippen LogP contribution in [0.15, 0.2) is 42.5 Å². The molecule has 0 bridgehead atoms. The summed E-state index contributed by atoms with van der Waals surface area (Å²) in [4.78, 5) is 14.7. The lowest BCUT2D eigenvalue weighted by atomic mass is 10.1. The molecule has 24 heavy (non-hydrogen) atoms. The summed E-state index contributed by atoms with van der Waals surface area (Å²) in [7, 11) is 0. The van der Waals surface area contributed by atoms with Crippen molar-refractivity contribution in [3.63, 3.8) is 0 Å². The molecule has 2 aromatic carbocycles. The molecule has 5 heteroatoms. The van der Waals surface area contributed by atoms with Gasteiger partial charge in [0.05, 0.1) is 17.9 Å². The van der Waals surface area contributed by atoms with Gasteiger partial charge < -0.3 is 15.5 Å². The van der Waals surface area contributed by atoms with Crippen molar-refractivity contribution < 1.29 is 4.79 Å². The molecule has 0 aromatic heterocycles. The molecule has 2 aromatic rings. The van der Waals surface area contributed by atoms with Gasteiger partial charge in [-0.2, -0.15) is 0 Å². The van der Waals surface area contributed by atoms with Gasteiger partial charge in [-0.15, -0.1) is 12.4 Å². The fraction of sp³-hybridized carbons (Fsp3) is 0.316. The number of hydrogen-bond acceptors (Lipinski definition) is 3. The molecule has 1 aliphatic rings. The zero-order valence-electron chi connectivity index (χ0n) is 14.1. The normalized spacial score (nSPS) is 12.7. The van der Waals surface area contributed by atoms with E-state index < -0.39 is 0 Å². The summed E-state index contributed by atoms with van der Waals surface area (Å²) < 4.78 is 0. The molecule has 0 atom stereocenters. The smallest absolute Gasteiger partial charge is 0.243 e. The highest BCUT2D eigenvalue weighted by Crippen LogP contribution is 2.28. The molecule has 0 fully saturated rings. The van der Waals surface area contributed by atoms with E-state index in [0.717, 1.165) is 42.1 Å². The van der Waals surface area contributed by atoms with Gasteiger partial charge in [0, 0.05) is 18.8 Å². The van der Waals surface area contributed by atoms with Gasteiger partial charge in [0.1, 0.15) is 0 Å². The van der Waals surface area contributed by atoms with Crippen molar-refractivity contribution in [2.75, 3.05) is 35.2 Å². The average Bonchev–Trinajstić information content (AvgIpc) is 2.57. The molecule has 0 radical (unpaired) electrons. The number of hydrogen-bond donors (Lipinski definition) is 2. The molecule has 4 nitrogen and oxygen atoms in total. The summed E-state index contributed by atoms with van der Waals surface area (Å²) in [6.07, 6.45) is 0.910. The minimum atomic E-state index is 0. The molecule has 1 amide bonds. The molecule has 0 spiro atoms. The maximum atomic E-state index is 12.5. The fourth-order valence-corrected chi connectivity index (χ4v) is 3.06. The molecule has 0 unspecified atom stereocenters. The van der Waals surface area contributed by atoms with Crippen LogP contribution in [-0.4, -0.2) is 25.5 Å². The third-order valence-corrected chi connectivity index (χ3v) is 4.28. The summed E-state index contributed by atoms with van der Waals surface area (Å²) >= 11 is 0. The number of halogens is 1. The van der Waals surface area contributed by atoms with Crippen LogP contribution in [0.2, 0.25) is 0 Å². The second kappa shape index (κ2) is 8.06. The molecule has 1 heterocycles. The van der Waals surface area contributed by atoms with E-state index in [0.29, 0.717) is 6.54 Å². The molecule has 0 saturated carbocycles. The van der Waals surface area contributed by atoms with Gasteiger partial charge in [0.15, 0.2) is 0 Å². The molecule has 2 N–H and O–H groups in total. The van der Waals surface area contributed by atoms with E-state index in [-0.39, 0.29) is 18.3 Å². The van der Waals surface area contributed by atoms with E-state index in [9.17, 15) is 4.79 Å². The second-order valence-electron chi connectivity index (χ2n) is 5.88. The predicted octanol–water partition coefficient (Wildman–Crippen LogP) is 3.85. The first-order chi connectivity index (χ1) is 11.2. The number of fused-ring (bicyclic) bond motifs is 1. The van der Waals surface area contributed by atoms with E-state index in [4.69, 9.17) is 0 Å². The minimum absolute atomic E-state index is 0. The number of rotatable bonds is 4. The summed E-state index contributed by atoms with van der Waals surface area (Å²) in [6, 6.07) is 14.3. The van der Waals surface area contributed by atoms with Gasteiger partial charge in [-0.3, -0.25) is 4.79 Å². The number of aryl methyl sites for hydroxylation is 2. The molecule has 0 saturated heterocycles. The number of anilines is 3. The van der Waals surface area contributed by atoms with Crippen LogP contribution < -0.4 is 15.5 Å². The maximum absolute atomic E-state index is 12.5. The Morgan fingerprint density at radius 1 is 1.21 bits per heavy atom. The topological polar surface area (TPSA) is 44.4 Å². The third-order valence-electron chi connectivity index (χ3n) is 4.28. The lowest BCUT2D eigenvalue weighted by Gasteiger charge is -2.31. The van der Waals surface area contributed by atoms with Gasteiger partial charge in [-0.1, -0.05) is 37.3 Å². The Morgan fingerprint density at radius 3 is 2.79 bits per heavy atom. The van der Waals surface area contributed by atoms with Crippen LogP contribution in [-0.2, 0) is 11.2 Å². The van der Waals surface area contributed by atoms with Crippen LogP contribution in [0.3, 0.4) is 0 Å². The van der Waals surface area contributed by atoms with E-state index in [2.05, 4.69) is 40.7 Å². The molecule has 0 aliphatic carbocycles. The Balaban J connectivity index is 0.00000208. The highest BCUT2D eigenvalue weighted by Gasteiger charge is 2.19. The summed E-state index contributed by atoms with van der Waals surface area (Å²) in [6.45, 7) is 6.20. The molecule has 128 valence electrons. The summed E-state index contributed by atoms with van der Waals surface area (Å²) in [5.74, 6) is 0.0331. The van der Waals surface area contributed by atoms with E-state index in [1.807, 2.05) is 31.2 Å².